The maximum absolute atomic E-state index is 12.5. The largest absolute Gasteiger partial charge is 0.508 e. The Morgan fingerprint density at radius 1 is 1.02 bits per heavy atom. The molecule has 2 amide bonds. The third kappa shape index (κ3) is 11.0. The number of benzene rings is 2. The van der Waals surface area contributed by atoms with Gasteiger partial charge in [-0.05, 0) is 68.8 Å². The molecule has 1 fully saturated rings. The van der Waals surface area contributed by atoms with Crippen molar-refractivity contribution in [2.45, 2.75) is 89.7 Å². The van der Waals surface area contributed by atoms with Gasteiger partial charge in [0, 0.05) is 49.0 Å². The number of amides is 2. The summed E-state index contributed by atoms with van der Waals surface area (Å²) < 4.78 is 0. The Bertz CT molecular complexity index is 1160. The molecule has 0 unspecified atom stereocenters. The van der Waals surface area contributed by atoms with E-state index < -0.39 is 6.10 Å². The first-order chi connectivity index (χ1) is 21.5. The predicted molar refractivity (Wildman–Crippen MR) is 178 cm³/mol. The van der Waals surface area contributed by atoms with Crippen LogP contribution in [0.5, 0.6) is 5.75 Å². The van der Waals surface area contributed by atoms with E-state index in [0.717, 1.165) is 87.2 Å². The molecule has 2 aliphatic rings. The number of hydrogen-bond donors (Lipinski definition) is 6. The summed E-state index contributed by atoms with van der Waals surface area (Å²) in [7, 11) is 0. The van der Waals surface area contributed by atoms with Crippen LogP contribution in [0.15, 0.2) is 48.5 Å². The number of hydroxylamine groups is 1. The number of nitrogens with one attached hydrogen (secondary N) is 4. The van der Waals surface area contributed by atoms with E-state index in [4.69, 9.17) is 4.84 Å². The third-order valence-electron chi connectivity index (χ3n) is 8.53. The van der Waals surface area contributed by atoms with Crippen LogP contribution in [0.2, 0.25) is 0 Å². The molecule has 6 N–H and O–H groups in total. The molecule has 1 aliphatic carbocycles. The van der Waals surface area contributed by atoms with Gasteiger partial charge in [0.15, 0.2) is 0 Å². The molecule has 1 saturated heterocycles. The number of aromatic hydroxyl groups is 1. The number of urea groups is 1. The lowest BCUT2D eigenvalue weighted by atomic mass is 9.94. The SMILES string of the molecule is CCCCCCCCNC(=O)N1CCC(Nc2ccc(CCNC[C@H](O)CONC3=CCCc4c(O)cccc43)cc2)CC1. The van der Waals surface area contributed by atoms with Gasteiger partial charge in [0.2, 0.25) is 0 Å². The highest BCUT2D eigenvalue weighted by Gasteiger charge is 2.22. The lowest BCUT2D eigenvalue weighted by molar-refractivity contribution is 0.00415. The number of unbranched alkanes of at least 4 members (excludes halogenated alkanes) is 5. The lowest BCUT2D eigenvalue weighted by Crippen LogP contribution is -2.47. The normalized spacial score (nSPS) is 15.8. The minimum atomic E-state index is -0.639. The molecule has 1 aliphatic heterocycles. The smallest absolute Gasteiger partial charge is 0.317 e. The van der Waals surface area contributed by atoms with Crippen molar-refractivity contribution in [1.29, 1.82) is 0 Å². The van der Waals surface area contributed by atoms with Crippen LogP contribution in [-0.4, -0.2) is 72.6 Å². The number of carbonyl (C=O) groups excluding carboxylic acids is 1. The fourth-order valence-corrected chi connectivity index (χ4v) is 5.88. The summed E-state index contributed by atoms with van der Waals surface area (Å²) in [6.07, 6.45) is 13.2. The molecule has 1 heterocycles. The predicted octanol–water partition coefficient (Wildman–Crippen LogP) is 5.34. The van der Waals surface area contributed by atoms with Gasteiger partial charge in [-0.15, -0.1) is 0 Å². The second kappa shape index (κ2) is 18.5. The van der Waals surface area contributed by atoms with E-state index in [0.29, 0.717) is 18.3 Å². The number of piperidine rings is 1. The number of nitrogens with zero attached hydrogens (tertiary/aromatic N) is 1. The zero-order valence-electron chi connectivity index (χ0n) is 26.5. The van der Waals surface area contributed by atoms with Crippen LogP contribution < -0.4 is 21.4 Å². The number of allylic oxidation sites excluding steroid dienone is 1. The van der Waals surface area contributed by atoms with Crippen molar-refractivity contribution in [3.63, 3.8) is 0 Å². The maximum atomic E-state index is 12.5. The average molecular weight is 608 g/mol. The van der Waals surface area contributed by atoms with E-state index in [1.807, 2.05) is 17.0 Å². The van der Waals surface area contributed by atoms with Gasteiger partial charge in [-0.3, -0.25) is 10.3 Å². The number of rotatable bonds is 18. The van der Waals surface area contributed by atoms with Gasteiger partial charge in [0.25, 0.3) is 0 Å². The number of phenols is 1. The molecule has 44 heavy (non-hydrogen) atoms. The minimum absolute atomic E-state index is 0.0804. The third-order valence-corrected chi connectivity index (χ3v) is 8.53. The number of aliphatic hydroxyl groups excluding tert-OH is 1. The van der Waals surface area contributed by atoms with Crippen molar-refractivity contribution in [2.24, 2.45) is 0 Å². The second-order valence-electron chi connectivity index (χ2n) is 12.1. The number of fused-ring (bicyclic) bond motifs is 1. The summed E-state index contributed by atoms with van der Waals surface area (Å²) in [5.74, 6) is 0.307. The first-order valence-electron chi connectivity index (χ1n) is 16.7. The van der Waals surface area contributed by atoms with E-state index in [1.54, 1.807) is 6.07 Å². The van der Waals surface area contributed by atoms with Crippen LogP contribution in [-0.2, 0) is 17.7 Å². The molecular formula is C35H53N5O4. The molecule has 1 atom stereocenters. The summed E-state index contributed by atoms with van der Waals surface area (Å²) in [6.45, 7) is 5.93. The van der Waals surface area contributed by atoms with Crippen molar-refractivity contribution in [3.05, 3.63) is 65.2 Å². The highest BCUT2D eigenvalue weighted by Crippen LogP contribution is 2.31. The number of aliphatic hydroxyl groups is 1. The first-order valence-corrected chi connectivity index (χ1v) is 16.7. The maximum Gasteiger partial charge on any atom is 0.317 e. The summed E-state index contributed by atoms with van der Waals surface area (Å²) in [6, 6.07) is 14.5. The van der Waals surface area contributed by atoms with Crippen molar-refractivity contribution in [1.82, 2.24) is 21.0 Å². The topological polar surface area (TPSA) is 118 Å². The lowest BCUT2D eigenvalue weighted by Gasteiger charge is -2.33. The van der Waals surface area contributed by atoms with Crippen LogP contribution in [0, 0.1) is 0 Å². The van der Waals surface area contributed by atoms with Gasteiger partial charge in [0.05, 0.1) is 11.8 Å². The van der Waals surface area contributed by atoms with Gasteiger partial charge in [-0.1, -0.05) is 69.4 Å². The Morgan fingerprint density at radius 2 is 1.80 bits per heavy atom. The zero-order valence-corrected chi connectivity index (χ0v) is 26.5. The summed E-state index contributed by atoms with van der Waals surface area (Å²) in [4.78, 5) is 20.0. The first kappa shape index (κ1) is 33.6. The van der Waals surface area contributed by atoms with Crippen molar-refractivity contribution in [2.75, 3.05) is 44.6 Å². The highest BCUT2D eigenvalue weighted by molar-refractivity contribution is 5.74. The monoisotopic (exact) mass is 607 g/mol. The molecule has 9 nitrogen and oxygen atoms in total. The molecule has 2 aromatic carbocycles. The Labute approximate surface area is 263 Å². The van der Waals surface area contributed by atoms with E-state index in [1.165, 1.54) is 37.7 Å². The van der Waals surface area contributed by atoms with Gasteiger partial charge in [-0.25, -0.2) is 4.79 Å². The molecule has 4 rings (SSSR count). The second-order valence-corrected chi connectivity index (χ2v) is 12.1. The van der Waals surface area contributed by atoms with Crippen LogP contribution in [0.4, 0.5) is 10.5 Å². The van der Waals surface area contributed by atoms with Crippen molar-refractivity contribution >= 4 is 17.4 Å². The quantitative estimate of drug-likeness (QED) is 0.100. The fraction of sp³-hybridized carbons (Fsp3) is 0.571. The Hall–Kier alpha value is -3.27. The number of carbonyl (C=O) groups is 1. The van der Waals surface area contributed by atoms with Crippen molar-refractivity contribution in [3.8, 4) is 5.75 Å². The zero-order chi connectivity index (χ0) is 31.0. The van der Waals surface area contributed by atoms with Crippen LogP contribution in [0.1, 0.15) is 81.4 Å². The molecule has 9 heteroatoms. The molecule has 0 aromatic heterocycles. The highest BCUT2D eigenvalue weighted by atomic mass is 16.6. The van der Waals surface area contributed by atoms with E-state index in [9.17, 15) is 15.0 Å². The standard InChI is InChI=1S/C35H53N5O4/c1-2-3-4-5-6-7-21-37-35(43)40-23-19-29(20-24-40)38-28-16-14-27(15-17-28)18-22-36-25-30(41)26-44-39-33-12-8-11-32-31(33)10-9-13-34(32)42/h9-10,12-17,29-30,36,38-39,41-42H,2-8,11,18-26H2,1H3,(H,37,43)/t30-/m0/s1. The minimum Gasteiger partial charge on any atom is -0.508 e. The fourth-order valence-electron chi connectivity index (χ4n) is 5.88. The molecule has 242 valence electrons. The van der Waals surface area contributed by atoms with Crippen LogP contribution in [0.25, 0.3) is 5.70 Å². The Kier molecular flexibility index (Phi) is 14.1. The van der Waals surface area contributed by atoms with E-state index in [-0.39, 0.29) is 12.6 Å². The van der Waals surface area contributed by atoms with Gasteiger partial charge in [0.1, 0.15) is 12.4 Å². The summed E-state index contributed by atoms with van der Waals surface area (Å²) in [5, 5.41) is 30.4. The number of phenolic OH excluding ortho intramolecular Hbond substituents is 1. The Morgan fingerprint density at radius 3 is 2.59 bits per heavy atom. The summed E-state index contributed by atoms with van der Waals surface area (Å²) in [5.41, 5.74) is 7.98. The molecule has 0 bridgehead atoms. The molecule has 0 radical (unpaired) electrons. The molecule has 2 aromatic rings. The Balaban J connectivity index is 1.04. The molecule has 0 saturated carbocycles. The molecule has 0 spiro atoms. The van der Waals surface area contributed by atoms with Crippen molar-refractivity contribution < 1.29 is 19.8 Å². The van der Waals surface area contributed by atoms with Crippen LogP contribution in [0.3, 0.4) is 0 Å². The molecular weight excluding hydrogens is 554 g/mol. The van der Waals surface area contributed by atoms with Gasteiger partial charge in [-0.2, -0.15) is 0 Å². The number of likely N-dealkylation sites (tertiary alicyclic amines) is 1. The summed E-state index contributed by atoms with van der Waals surface area (Å²) >= 11 is 0. The van der Waals surface area contributed by atoms with E-state index >= 15 is 0 Å². The van der Waals surface area contributed by atoms with E-state index in [2.05, 4.69) is 58.7 Å². The average Bonchev–Trinajstić information content (AvgIpc) is 3.04. The van der Waals surface area contributed by atoms with Gasteiger partial charge >= 0.3 is 6.03 Å². The van der Waals surface area contributed by atoms with Crippen LogP contribution >= 0.6 is 0 Å². The van der Waals surface area contributed by atoms with Gasteiger partial charge < -0.3 is 31.1 Å². The number of anilines is 1. The number of hydrogen-bond acceptors (Lipinski definition) is 7.